The molecule has 2 aromatic rings. The van der Waals surface area contributed by atoms with E-state index in [-0.39, 0.29) is 11.7 Å². The standard InChI is InChI=1S/C19H21FN2O/c20-17-7-4-8-18(13-17)21-19(23)10-12-22-11-9-16(14-22)15-5-2-1-3-6-15/h1-8,13,16H,9-12,14H2,(H,21,23)/t16-/m0/s1. The van der Waals surface area contributed by atoms with Crippen molar-refractivity contribution in [1.29, 1.82) is 0 Å². The van der Waals surface area contributed by atoms with Gasteiger partial charge in [0.25, 0.3) is 0 Å². The molecule has 4 heteroatoms. The van der Waals surface area contributed by atoms with Crippen molar-refractivity contribution in [2.75, 3.05) is 25.0 Å². The fourth-order valence-corrected chi connectivity index (χ4v) is 3.08. The number of halogens is 1. The lowest BCUT2D eigenvalue weighted by atomic mass is 9.99. The summed E-state index contributed by atoms with van der Waals surface area (Å²) >= 11 is 0. The molecule has 1 aliphatic heterocycles. The third kappa shape index (κ3) is 4.39. The summed E-state index contributed by atoms with van der Waals surface area (Å²) in [6, 6.07) is 16.5. The van der Waals surface area contributed by atoms with Crippen LogP contribution in [0.25, 0.3) is 0 Å². The van der Waals surface area contributed by atoms with Crippen molar-refractivity contribution in [1.82, 2.24) is 4.90 Å². The number of nitrogens with zero attached hydrogens (tertiary/aromatic N) is 1. The van der Waals surface area contributed by atoms with Crippen LogP contribution in [-0.4, -0.2) is 30.4 Å². The summed E-state index contributed by atoms with van der Waals surface area (Å²) in [6.45, 7) is 2.76. The first-order valence-corrected chi connectivity index (χ1v) is 8.03. The van der Waals surface area contributed by atoms with Crippen LogP contribution in [0, 0.1) is 5.82 Å². The van der Waals surface area contributed by atoms with E-state index < -0.39 is 0 Å². The highest BCUT2D eigenvalue weighted by Crippen LogP contribution is 2.26. The SMILES string of the molecule is O=C(CCN1CC[C@H](c2ccccc2)C1)Nc1cccc(F)c1. The summed E-state index contributed by atoms with van der Waals surface area (Å²) in [5.41, 5.74) is 1.89. The Labute approximate surface area is 136 Å². The lowest BCUT2D eigenvalue weighted by molar-refractivity contribution is -0.116. The number of rotatable bonds is 5. The first-order valence-electron chi connectivity index (χ1n) is 8.03. The molecule has 0 aliphatic carbocycles. The molecule has 0 bridgehead atoms. The Balaban J connectivity index is 1.45. The summed E-state index contributed by atoms with van der Waals surface area (Å²) in [4.78, 5) is 14.3. The zero-order valence-corrected chi connectivity index (χ0v) is 13.0. The second-order valence-electron chi connectivity index (χ2n) is 6.01. The van der Waals surface area contributed by atoms with Crippen LogP contribution in [-0.2, 0) is 4.79 Å². The van der Waals surface area contributed by atoms with E-state index in [2.05, 4.69) is 34.5 Å². The zero-order valence-electron chi connectivity index (χ0n) is 13.0. The van der Waals surface area contributed by atoms with E-state index >= 15 is 0 Å². The first-order chi connectivity index (χ1) is 11.2. The predicted octanol–water partition coefficient (Wildman–Crippen LogP) is 3.64. The molecular formula is C19H21FN2O. The van der Waals surface area contributed by atoms with Crippen LogP contribution >= 0.6 is 0 Å². The number of likely N-dealkylation sites (tertiary alicyclic amines) is 1. The van der Waals surface area contributed by atoms with Crippen molar-refractivity contribution in [2.24, 2.45) is 0 Å². The molecule has 1 fully saturated rings. The second-order valence-corrected chi connectivity index (χ2v) is 6.01. The quantitative estimate of drug-likeness (QED) is 0.914. The minimum atomic E-state index is -0.340. The maximum Gasteiger partial charge on any atom is 0.225 e. The molecule has 2 aromatic carbocycles. The van der Waals surface area contributed by atoms with Crippen molar-refractivity contribution in [2.45, 2.75) is 18.8 Å². The van der Waals surface area contributed by atoms with Gasteiger partial charge in [-0.2, -0.15) is 0 Å². The van der Waals surface area contributed by atoms with Gasteiger partial charge in [0.05, 0.1) is 0 Å². The van der Waals surface area contributed by atoms with Gasteiger partial charge in [-0.15, -0.1) is 0 Å². The molecule has 1 aliphatic rings. The number of anilines is 1. The average molecular weight is 312 g/mol. The molecule has 0 saturated carbocycles. The molecule has 1 saturated heterocycles. The molecule has 1 amide bonds. The predicted molar refractivity (Wildman–Crippen MR) is 89.9 cm³/mol. The number of carbonyl (C=O) groups is 1. The number of hydrogen-bond acceptors (Lipinski definition) is 2. The third-order valence-electron chi connectivity index (χ3n) is 4.31. The van der Waals surface area contributed by atoms with Gasteiger partial charge in [-0.3, -0.25) is 4.79 Å². The molecule has 0 radical (unpaired) electrons. The molecule has 1 atom stereocenters. The number of amides is 1. The number of carbonyl (C=O) groups excluding carboxylic acids is 1. The van der Waals surface area contributed by atoms with E-state index in [9.17, 15) is 9.18 Å². The lowest BCUT2D eigenvalue weighted by Gasteiger charge is -2.16. The Morgan fingerprint density at radius 1 is 1.17 bits per heavy atom. The van der Waals surface area contributed by atoms with E-state index in [1.54, 1.807) is 12.1 Å². The van der Waals surface area contributed by atoms with Crippen molar-refractivity contribution >= 4 is 11.6 Å². The Hall–Kier alpha value is -2.20. The van der Waals surface area contributed by atoms with E-state index in [0.29, 0.717) is 18.0 Å². The van der Waals surface area contributed by atoms with Gasteiger partial charge in [0, 0.05) is 25.2 Å². The van der Waals surface area contributed by atoms with Crippen molar-refractivity contribution in [3.8, 4) is 0 Å². The van der Waals surface area contributed by atoms with Gasteiger partial charge in [0.2, 0.25) is 5.91 Å². The Morgan fingerprint density at radius 2 is 2.00 bits per heavy atom. The van der Waals surface area contributed by atoms with Gasteiger partial charge < -0.3 is 10.2 Å². The van der Waals surface area contributed by atoms with Gasteiger partial charge in [0.15, 0.2) is 0 Å². The molecular weight excluding hydrogens is 291 g/mol. The number of benzene rings is 2. The minimum absolute atomic E-state index is 0.0706. The first kappa shape index (κ1) is 15.7. The third-order valence-corrected chi connectivity index (χ3v) is 4.31. The summed E-state index contributed by atoms with van der Waals surface area (Å²) in [5.74, 6) is 0.147. The monoisotopic (exact) mass is 312 g/mol. The fraction of sp³-hybridized carbons (Fsp3) is 0.316. The summed E-state index contributed by atoms with van der Waals surface area (Å²) < 4.78 is 13.1. The second kappa shape index (κ2) is 7.38. The minimum Gasteiger partial charge on any atom is -0.326 e. The van der Waals surface area contributed by atoms with Gasteiger partial charge in [0.1, 0.15) is 5.82 Å². The van der Waals surface area contributed by atoms with E-state index in [1.807, 2.05) is 6.07 Å². The zero-order chi connectivity index (χ0) is 16.1. The highest BCUT2D eigenvalue weighted by Gasteiger charge is 2.23. The molecule has 0 aromatic heterocycles. The fourth-order valence-electron chi connectivity index (χ4n) is 3.08. The van der Waals surface area contributed by atoms with Crippen molar-refractivity contribution in [3.63, 3.8) is 0 Å². The normalized spacial score (nSPS) is 18.0. The number of hydrogen-bond donors (Lipinski definition) is 1. The maximum atomic E-state index is 13.1. The van der Waals surface area contributed by atoms with Crippen molar-refractivity contribution < 1.29 is 9.18 Å². The van der Waals surface area contributed by atoms with Crippen LogP contribution in [0.4, 0.5) is 10.1 Å². The average Bonchev–Trinajstić information content (AvgIpc) is 3.03. The number of nitrogens with one attached hydrogen (secondary N) is 1. The highest BCUT2D eigenvalue weighted by molar-refractivity contribution is 5.90. The van der Waals surface area contributed by atoms with Crippen LogP contribution in [0.15, 0.2) is 54.6 Å². The van der Waals surface area contributed by atoms with Crippen LogP contribution < -0.4 is 5.32 Å². The molecule has 0 unspecified atom stereocenters. The Bertz CT molecular complexity index is 659. The molecule has 1 N–H and O–H groups in total. The Kier molecular flexibility index (Phi) is 5.03. The topological polar surface area (TPSA) is 32.3 Å². The molecule has 3 nitrogen and oxygen atoms in total. The molecule has 23 heavy (non-hydrogen) atoms. The summed E-state index contributed by atoms with van der Waals surface area (Å²) in [7, 11) is 0. The van der Waals surface area contributed by atoms with Crippen LogP contribution in [0.1, 0.15) is 24.3 Å². The summed E-state index contributed by atoms with van der Waals surface area (Å²) in [6.07, 6.45) is 1.56. The molecule has 3 rings (SSSR count). The van der Waals surface area contributed by atoms with E-state index in [1.165, 1.54) is 17.7 Å². The Morgan fingerprint density at radius 3 is 2.78 bits per heavy atom. The largest absolute Gasteiger partial charge is 0.326 e. The van der Waals surface area contributed by atoms with Crippen LogP contribution in [0.5, 0.6) is 0 Å². The van der Waals surface area contributed by atoms with Gasteiger partial charge in [-0.25, -0.2) is 4.39 Å². The molecule has 0 spiro atoms. The molecule has 1 heterocycles. The van der Waals surface area contributed by atoms with Crippen LogP contribution in [0.2, 0.25) is 0 Å². The smallest absolute Gasteiger partial charge is 0.225 e. The molecule has 120 valence electrons. The van der Waals surface area contributed by atoms with Gasteiger partial charge >= 0.3 is 0 Å². The summed E-state index contributed by atoms with van der Waals surface area (Å²) in [5, 5.41) is 2.74. The van der Waals surface area contributed by atoms with Crippen molar-refractivity contribution in [3.05, 3.63) is 66.0 Å². The van der Waals surface area contributed by atoms with E-state index in [0.717, 1.165) is 26.1 Å². The van der Waals surface area contributed by atoms with E-state index in [4.69, 9.17) is 0 Å². The lowest BCUT2D eigenvalue weighted by Crippen LogP contribution is -2.25. The van der Waals surface area contributed by atoms with Crippen LogP contribution in [0.3, 0.4) is 0 Å². The van der Waals surface area contributed by atoms with Gasteiger partial charge in [-0.1, -0.05) is 36.4 Å². The maximum absolute atomic E-state index is 13.1. The highest BCUT2D eigenvalue weighted by atomic mass is 19.1. The van der Waals surface area contributed by atoms with Gasteiger partial charge in [-0.05, 0) is 42.6 Å².